The first-order valence-electron chi connectivity index (χ1n) is 11.8. The van der Waals surface area contributed by atoms with Crippen molar-refractivity contribution in [3.8, 4) is 0 Å². The number of benzene rings is 4. The third kappa shape index (κ3) is 4.78. The highest BCUT2D eigenvalue weighted by molar-refractivity contribution is 7.91. The standard InChI is InChI=1S/C30H28N2O2S/c1-24(31(22-25-13-5-2-6-14-25)23-26-15-7-3-8-16-26)32-29-20-12-11-17-27(29)21-30(32)35(33,34)28-18-9-4-10-19-28/h2-21,24H,22-23H2,1H3. The third-order valence-electron chi connectivity index (χ3n) is 6.40. The van der Waals surface area contributed by atoms with Gasteiger partial charge in [0.15, 0.2) is 0 Å². The van der Waals surface area contributed by atoms with Gasteiger partial charge >= 0.3 is 0 Å². The lowest BCUT2D eigenvalue weighted by molar-refractivity contribution is 0.133. The molecule has 35 heavy (non-hydrogen) atoms. The number of hydrogen-bond acceptors (Lipinski definition) is 3. The molecule has 0 amide bonds. The molecule has 1 aromatic heterocycles. The molecule has 0 aliphatic heterocycles. The Balaban J connectivity index is 1.64. The number of sulfone groups is 1. The van der Waals surface area contributed by atoms with Crippen molar-refractivity contribution in [2.45, 2.75) is 36.1 Å². The summed E-state index contributed by atoms with van der Waals surface area (Å²) in [5.74, 6) is 0. The minimum Gasteiger partial charge on any atom is -0.315 e. The van der Waals surface area contributed by atoms with Gasteiger partial charge in [0.25, 0.3) is 0 Å². The average molecular weight is 481 g/mol. The Hall–Kier alpha value is -3.67. The zero-order valence-corrected chi connectivity index (χ0v) is 20.5. The molecule has 5 heteroatoms. The number of fused-ring (bicyclic) bond motifs is 1. The lowest BCUT2D eigenvalue weighted by Gasteiger charge is -2.32. The molecule has 0 saturated carbocycles. The maximum absolute atomic E-state index is 13.8. The van der Waals surface area contributed by atoms with Crippen LogP contribution in [0.3, 0.4) is 0 Å². The maximum Gasteiger partial charge on any atom is 0.222 e. The molecule has 0 aliphatic rings. The van der Waals surface area contributed by atoms with E-state index in [1.807, 2.05) is 71.3 Å². The molecular weight excluding hydrogens is 452 g/mol. The van der Waals surface area contributed by atoms with Crippen molar-refractivity contribution in [2.24, 2.45) is 0 Å². The molecule has 0 spiro atoms. The van der Waals surface area contributed by atoms with Gasteiger partial charge in [-0.15, -0.1) is 0 Å². The van der Waals surface area contributed by atoms with Crippen LogP contribution in [0.4, 0.5) is 0 Å². The zero-order chi connectivity index (χ0) is 24.3. The van der Waals surface area contributed by atoms with Crippen molar-refractivity contribution in [1.82, 2.24) is 9.47 Å². The SMILES string of the molecule is CC(N(Cc1ccccc1)Cc1ccccc1)n1c(S(=O)(=O)c2ccccc2)cc2ccccc21. The number of para-hydroxylation sites is 1. The summed E-state index contributed by atoms with van der Waals surface area (Å²) in [7, 11) is -3.72. The Morgan fingerprint density at radius 3 is 1.74 bits per heavy atom. The second-order valence-corrected chi connectivity index (χ2v) is 10.6. The summed E-state index contributed by atoms with van der Waals surface area (Å²) in [6.45, 7) is 3.46. The summed E-state index contributed by atoms with van der Waals surface area (Å²) < 4.78 is 29.6. The van der Waals surface area contributed by atoms with Crippen LogP contribution < -0.4 is 0 Å². The Morgan fingerprint density at radius 2 is 1.17 bits per heavy atom. The van der Waals surface area contributed by atoms with Crippen molar-refractivity contribution >= 4 is 20.7 Å². The van der Waals surface area contributed by atoms with Crippen LogP contribution in [-0.2, 0) is 22.9 Å². The molecule has 0 bridgehead atoms. The number of rotatable bonds is 8. The average Bonchev–Trinajstić information content (AvgIpc) is 3.30. The Morgan fingerprint density at radius 1 is 0.686 bits per heavy atom. The predicted molar refractivity (Wildman–Crippen MR) is 141 cm³/mol. The van der Waals surface area contributed by atoms with Gasteiger partial charge in [0.1, 0.15) is 5.03 Å². The van der Waals surface area contributed by atoms with E-state index in [0.29, 0.717) is 23.0 Å². The molecule has 0 saturated heterocycles. The van der Waals surface area contributed by atoms with Gasteiger partial charge in [0, 0.05) is 18.5 Å². The van der Waals surface area contributed by atoms with E-state index in [4.69, 9.17) is 0 Å². The number of hydrogen-bond donors (Lipinski definition) is 0. The van der Waals surface area contributed by atoms with E-state index in [9.17, 15) is 8.42 Å². The second-order valence-electron chi connectivity index (χ2n) is 8.74. The highest BCUT2D eigenvalue weighted by atomic mass is 32.2. The fourth-order valence-electron chi connectivity index (χ4n) is 4.58. The van der Waals surface area contributed by atoms with Gasteiger partial charge in [-0.05, 0) is 42.3 Å². The van der Waals surface area contributed by atoms with E-state index in [1.165, 1.54) is 11.1 Å². The van der Waals surface area contributed by atoms with Gasteiger partial charge in [-0.3, -0.25) is 4.90 Å². The van der Waals surface area contributed by atoms with Gasteiger partial charge in [0.2, 0.25) is 9.84 Å². The number of nitrogens with zero attached hydrogens (tertiary/aromatic N) is 2. The molecule has 5 rings (SSSR count). The van der Waals surface area contributed by atoms with Crippen molar-refractivity contribution in [3.05, 3.63) is 132 Å². The Bertz CT molecular complexity index is 1470. The van der Waals surface area contributed by atoms with Crippen LogP contribution >= 0.6 is 0 Å². The number of aromatic nitrogens is 1. The van der Waals surface area contributed by atoms with Gasteiger partial charge in [-0.1, -0.05) is 97.1 Å². The van der Waals surface area contributed by atoms with Crippen LogP contribution in [0, 0.1) is 0 Å². The smallest absolute Gasteiger partial charge is 0.222 e. The zero-order valence-electron chi connectivity index (χ0n) is 19.7. The van der Waals surface area contributed by atoms with E-state index in [2.05, 4.69) is 36.1 Å². The van der Waals surface area contributed by atoms with E-state index in [1.54, 1.807) is 30.3 Å². The van der Waals surface area contributed by atoms with E-state index < -0.39 is 9.84 Å². The van der Waals surface area contributed by atoms with Crippen LogP contribution in [-0.4, -0.2) is 17.9 Å². The first kappa shape index (κ1) is 23.1. The molecule has 1 heterocycles. The maximum atomic E-state index is 13.8. The summed E-state index contributed by atoms with van der Waals surface area (Å²) >= 11 is 0. The lowest BCUT2D eigenvalue weighted by atomic mass is 10.1. The highest BCUT2D eigenvalue weighted by Gasteiger charge is 2.28. The predicted octanol–water partition coefficient (Wildman–Crippen LogP) is 6.70. The summed E-state index contributed by atoms with van der Waals surface area (Å²) in [6.07, 6.45) is -0.219. The second kappa shape index (κ2) is 9.90. The van der Waals surface area contributed by atoms with Crippen LogP contribution in [0.25, 0.3) is 10.9 Å². The van der Waals surface area contributed by atoms with Gasteiger partial charge in [0.05, 0.1) is 16.6 Å². The molecule has 1 unspecified atom stereocenters. The van der Waals surface area contributed by atoms with Crippen LogP contribution in [0.5, 0.6) is 0 Å². The van der Waals surface area contributed by atoms with Crippen molar-refractivity contribution in [3.63, 3.8) is 0 Å². The van der Waals surface area contributed by atoms with Crippen molar-refractivity contribution < 1.29 is 8.42 Å². The quantitative estimate of drug-likeness (QED) is 0.248. The molecule has 0 fully saturated rings. The van der Waals surface area contributed by atoms with Crippen molar-refractivity contribution in [1.29, 1.82) is 0 Å². The van der Waals surface area contributed by atoms with E-state index in [-0.39, 0.29) is 6.17 Å². The molecule has 5 aromatic rings. The minimum atomic E-state index is -3.72. The molecule has 0 aliphatic carbocycles. The summed E-state index contributed by atoms with van der Waals surface area (Å²) in [5.41, 5.74) is 3.26. The fourth-order valence-corrected chi connectivity index (χ4v) is 6.13. The monoisotopic (exact) mass is 480 g/mol. The van der Waals surface area contributed by atoms with Crippen LogP contribution in [0.15, 0.2) is 131 Å². The molecule has 1 atom stereocenters. The highest BCUT2D eigenvalue weighted by Crippen LogP contribution is 2.33. The molecule has 0 N–H and O–H groups in total. The van der Waals surface area contributed by atoms with Gasteiger partial charge < -0.3 is 4.57 Å². The van der Waals surface area contributed by atoms with Gasteiger partial charge in [-0.2, -0.15) is 0 Å². The molecule has 0 radical (unpaired) electrons. The molecule has 4 nitrogen and oxygen atoms in total. The van der Waals surface area contributed by atoms with Gasteiger partial charge in [-0.25, -0.2) is 8.42 Å². The van der Waals surface area contributed by atoms with E-state index in [0.717, 1.165) is 10.9 Å². The van der Waals surface area contributed by atoms with Crippen LogP contribution in [0.1, 0.15) is 24.2 Å². The molecule has 4 aromatic carbocycles. The lowest BCUT2D eigenvalue weighted by Crippen LogP contribution is -2.31. The first-order valence-corrected chi connectivity index (χ1v) is 13.2. The minimum absolute atomic E-state index is 0.219. The fraction of sp³-hybridized carbons (Fsp3) is 0.133. The Labute approximate surface area is 207 Å². The first-order chi connectivity index (χ1) is 17.0. The summed E-state index contributed by atoms with van der Waals surface area (Å²) in [5, 5.41) is 1.22. The third-order valence-corrected chi connectivity index (χ3v) is 8.16. The summed E-state index contributed by atoms with van der Waals surface area (Å²) in [6, 6.07) is 39.0. The molecular formula is C30H28N2O2S. The largest absolute Gasteiger partial charge is 0.315 e. The topological polar surface area (TPSA) is 42.3 Å². The van der Waals surface area contributed by atoms with E-state index >= 15 is 0 Å². The van der Waals surface area contributed by atoms with Crippen molar-refractivity contribution in [2.75, 3.05) is 0 Å². The molecule has 176 valence electrons. The summed E-state index contributed by atoms with van der Waals surface area (Å²) in [4.78, 5) is 2.62. The normalized spacial score (nSPS) is 12.7. The van der Waals surface area contributed by atoms with Crippen LogP contribution in [0.2, 0.25) is 0 Å². The Kier molecular flexibility index (Phi) is 6.53.